The van der Waals surface area contributed by atoms with Crippen molar-refractivity contribution in [2.45, 2.75) is 12.8 Å². The first-order chi connectivity index (χ1) is 13.8. The molecule has 0 aromatic heterocycles. The van der Waals surface area contributed by atoms with E-state index in [1.54, 1.807) is 31.2 Å². The number of rotatable bonds is 2. The van der Waals surface area contributed by atoms with Gasteiger partial charge >= 0.3 is 0 Å². The Balaban J connectivity index is 2.11. The Hall–Kier alpha value is -2.83. The standard InChI is InChI=1S/C20H15BrFN3O3S/c1-2-25-16-6-4-3-5-12(16)18-19(29(25,26)27)17(14(10-23)20(24)28-18)13-9-11(21)7-8-15(13)22/h3-9,17H,2,24H2,1H3. The number of para-hydroxylation sites is 1. The van der Waals surface area contributed by atoms with Crippen molar-refractivity contribution in [3.05, 3.63) is 80.2 Å². The van der Waals surface area contributed by atoms with E-state index in [-0.39, 0.29) is 34.2 Å². The zero-order valence-corrected chi connectivity index (χ0v) is 17.6. The summed E-state index contributed by atoms with van der Waals surface area (Å²) in [5.74, 6) is -2.10. The normalized spacial score (nSPS) is 19.9. The Bertz CT molecular complexity index is 1250. The smallest absolute Gasteiger partial charge is 0.265 e. The van der Waals surface area contributed by atoms with E-state index >= 15 is 0 Å². The van der Waals surface area contributed by atoms with Gasteiger partial charge in [0.25, 0.3) is 10.0 Å². The lowest BCUT2D eigenvalue weighted by Gasteiger charge is -2.37. The fraction of sp³-hybridized carbons (Fsp3) is 0.150. The van der Waals surface area contributed by atoms with Gasteiger partial charge in [-0.1, -0.05) is 28.1 Å². The molecule has 2 aromatic carbocycles. The zero-order chi connectivity index (χ0) is 20.9. The van der Waals surface area contributed by atoms with Crippen molar-refractivity contribution in [1.29, 1.82) is 5.26 Å². The van der Waals surface area contributed by atoms with Crippen LogP contribution in [0.4, 0.5) is 10.1 Å². The average molecular weight is 476 g/mol. The average Bonchev–Trinajstić information content (AvgIpc) is 2.69. The third-order valence-corrected chi connectivity index (χ3v) is 7.42. The summed E-state index contributed by atoms with van der Waals surface area (Å²) in [5, 5.41) is 9.70. The molecular formula is C20H15BrFN3O3S. The van der Waals surface area contributed by atoms with Crippen LogP contribution in [0, 0.1) is 17.1 Å². The molecule has 2 aromatic rings. The molecule has 2 N–H and O–H groups in total. The molecule has 0 radical (unpaired) electrons. The van der Waals surface area contributed by atoms with Crippen molar-refractivity contribution in [2.75, 3.05) is 10.8 Å². The van der Waals surface area contributed by atoms with E-state index in [1.807, 2.05) is 6.07 Å². The molecule has 0 saturated heterocycles. The molecule has 2 aliphatic heterocycles. The molecule has 6 nitrogen and oxygen atoms in total. The second-order valence-corrected chi connectivity index (χ2v) is 9.22. The largest absolute Gasteiger partial charge is 0.439 e. The quantitative estimate of drug-likeness (QED) is 0.709. The Labute approximate surface area is 175 Å². The van der Waals surface area contributed by atoms with E-state index in [4.69, 9.17) is 10.5 Å². The molecule has 0 amide bonds. The molecule has 2 heterocycles. The number of halogens is 2. The van der Waals surface area contributed by atoms with Gasteiger partial charge in [0, 0.05) is 22.1 Å². The van der Waals surface area contributed by atoms with Gasteiger partial charge in [-0.25, -0.2) is 12.8 Å². The van der Waals surface area contributed by atoms with Crippen molar-refractivity contribution in [1.82, 2.24) is 0 Å². The number of nitrogens with zero attached hydrogens (tertiary/aromatic N) is 2. The minimum absolute atomic E-state index is 0.0196. The highest BCUT2D eigenvalue weighted by atomic mass is 79.9. The van der Waals surface area contributed by atoms with E-state index < -0.39 is 21.8 Å². The van der Waals surface area contributed by atoms with Gasteiger partial charge < -0.3 is 10.5 Å². The summed E-state index contributed by atoms with van der Waals surface area (Å²) in [6, 6.07) is 12.9. The van der Waals surface area contributed by atoms with Crippen molar-refractivity contribution >= 4 is 37.4 Å². The molecule has 0 saturated carbocycles. The van der Waals surface area contributed by atoms with E-state index in [0.717, 1.165) is 0 Å². The highest BCUT2D eigenvalue weighted by molar-refractivity contribution is 9.10. The van der Waals surface area contributed by atoms with Crippen LogP contribution in [0.15, 0.2) is 63.3 Å². The molecular weight excluding hydrogens is 461 g/mol. The van der Waals surface area contributed by atoms with Gasteiger partial charge in [-0.3, -0.25) is 4.31 Å². The summed E-state index contributed by atoms with van der Waals surface area (Å²) in [7, 11) is -4.12. The second kappa shape index (κ2) is 6.90. The van der Waals surface area contributed by atoms with Gasteiger partial charge in [-0.15, -0.1) is 0 Å². The molecule has 0 fully saturated rings. The molecule has 0 bridgehead atoms. The van der Waals surface area contributed by atoms with Gasteiger partial charge in [-0.05, 0) is 37.3 Å². The predicted octanol–water partition coefficient (Wildman–Crippen LogP) is 3.93. The van der Waals surface area contributed by atoms with Gasteiger partial charge in [0.15, 0.2) is 5.76 Å². The van der Waals surface area contributed by atoms with Gasteiger partial charge in [0.05, 0.1) is 11.6 Å². The number of fused-ring (bicyclic) bond motifs is 2. The van der Waals surface area contributed by atoms with Crippen molar-refractivity contribution in [3.8, 4) is 6.07 Å². The lowest BCUT2D eigenvalue weighted by atomic mass is 9.88. The SMILES string of the molecule is CCN1c2ccccc2C2=C(C(c3cc(Br)ccc3F)C(C#N)=C(N)O2)S1(=O)=O. The first-order valence-electron chi connectivity index (χ1n) is 8.70. The molecule has 148 valence electrons. The highest BCUT2D eigenvalue weighted by Crippen LogP contribution is 2.51. The first kappa shape index (κ1) is 19.5. The maximum absolute atomic E-state index is 14.8. The number of allylic oxidation sites excluding steroid dienone is 2. The molecule has 29 heavy (non-hydrogen) atoms. The van der Waals surface area contributed by atoms with E-state index in [1.165, 1.54) is 22.5 Å². The van der Waals surface area contributed by atoms with E-state index in [9.17, 15) is 18.1 Å². The monoisotopic (exact) mass is 475 g/mol. The summed E-state index contributed by atoms with van der Waals surface area (Å²) >= 11 is 3.28. The van der Waals surface area contributed by atoms with Crippen LogP contribution in [-0.2, 0) is 14.8 Å². The van der Waals surface area contributed by atoms with Crippen molar-refractivity contribution < 1.29 is 17.5 Å². The Kier molecular flexibility index (Phi) is 4.63. The highest BCUT2D eigenvalue weighted by Gasteiger charge is 2.47. The zero-order valence-electron chi connectivity index (χ0n) is 15.2. The second-order valence-electron chi connectivity index (χ2n) is 6.47. The van der Waals surface area contributed by atoms with Gasteiger partial charge in [0.1, 0.15) is 22.4 Å². The Morgan fingerprint density at radius 3 is 2.72 bits per heavy atom. The van der Waals surface area contributed by atoms with Crippen LogP contribution in [0.25, 0.3) is 5.76 Å². The maximum atomic E-state index is 14.8. The van der Waals surface area contributed by atoms with Crippen LogP contribution >= 0.6 is 15.9 Å². The van der Waals surface area contributed by atoms with Crippen molar-refractivity contribution in [3.63, 3.8) is 0 Å². The van der Waals surface area contributed by atoms with Crippen LogP contribution in [-0.4, -0.2) is 15.0 Å². The Morgan fingerprint density at radius 2 is 2.03 bits per heavy atom. The number of benzene rings is 2. The minimum Gasteiger partial charge on any atom is -0.439 e. The summed E-state index contributed by atoms with van der Waals surface area (Å²) in [5.41, 5.74) is 6.81. The number of hydrogen-bond acceptors (Lipinski definition) is 5. The van der Waals surface area contributed by atoms with Crippen LogP contribution < -0.4 is 10.0 Å². The number of anilines is 1. The number of nitriles is 1. The molecule has 2 aliphatic rings. The minimum atomic E-state index is -4.12. The molecule has 0 spiro atoms. The topological polar surface area (TPSA) is 96.4 Å². The molecule has 4 rings (SSSR count). The third kappa shape index (κ3) is 2.82. The summed E-state index contributed by atoms with van der Waals surface area (Å²) in [6.45, 7) is 1.86. The van der Waals surface area contributed by atoms with Gasteiger partial charge in [-0.2, -0.15) is 5.26 Å². The lowest BCUT2D eigenvalue weighted by Crippen LogP contribution is -2.39. The number of sulfonamides is 1. The van der Waals surface area contributed by atoms with Crippen LogP contribution in [0.1, 0.15) is 24.0 Å². The Morgan fingerprint density at radius 1 is 1.31 bits per heavy atom. The summed E-state index contributed by atoms with van der Waals surface area (Å²) in [4.78, 5) is -0.194. The molecule has 1 unspecified atom stereocenters. The molecule has 1 atom stereocenters. The molecule has 9 heteroatoms. The predicted molar refractivity (Wildman–Crippen MR) is 110 cm³/mol. The molecule has 0 aliphatic carbocycles. The van der Waals surface area contributed by atoms with Gasteiger partial charge in [0.2, 0.25) is 5.88 Å². The van der Waals surface area contributed by atoms with Crippen LogP contribution in [0.3, 0.4) is 0 Å². The number of hydrogen-bond donors (Lipinski definition) is 1. The lowest BCUT2D eigenvalue weighted by molar-refractivity contribution is 0.357. The van der Waals surface area contributed by atoms with Crippen LogP contribution in [0.5, 0.6) is 0 Å². The third-order valence-electron chi connectivity index (χ3n) is 4.91. The first-order valence-corrected chi connectivity index (χ1v) is 10.9. The maximum Gasteiger partial charge on any atom is 0.265 e. The summed E-state index contributed by atoms with van der Waals surface area (Å²) in [6.07, 6.45) is 0. The van der Waals surface area contributed by atoms with Crippen LogP contribution in [0.2, 0.25) is 0 Å². The fourth-order valence-electron chi connectivity index (χ4n) is 3.70. The summed E-state index contributed by atoms with van der Waals surface area (Å²) < 4.78 is 49.4. The van der Waals surface area contributed by atoms with E-state index in [0.29, 0.717) is 15.7 Å². The number of nitrogens with two attached hydrogens (primary N) is 1. The fourth-order valence-corrected chi connectivity index (χ4v) is 6.00. The van der Waals surface area contributed by atoms with E-state index in [2.05, 4.69) is 15.9 Å². The number of ether oxygens (including phenoxy) is 1. The van der Waals surface area contributed by atoms with Crippen molar-refractivity contribution in [2.24, 2.45) is 5.73 Å².